The SMILES string of the molecule is Cc1ccc(-n2c(=O)c3ccccc3n3c(SC(C)C(=O)NC(C)c4ccccc4)nnc23)cc1. The molecule has 5 rings (SSSR count). The number of nitrogens with zero attached hydrogens (tertiary/aromatic N) is 4. The van der Waals surface area contributed by atoms with Gasteiger partial charge in [-0.2, -0.15) is 0 Å². The first-order chi connectivity index (χ1) is 16.9. The van der Waals surface area contributed by atoms with Gasteiger partial charge >= 0.3 is 0 Å². The van der Waals surface area contributed by atoms with E-state index in [4.69, 9.17) is 0 Å². The molecule has 176 valence electrons. The van der Waals surface area contributed by atoms with Gasteiger partial charge in [0.1, 0.15) is 0 Å². The number of benzene rings is 3. The molecule has 2 aromatic heterocycles. The molecule has 1 amide bonds. The van der Waals surface area contributed by atoms with Crippen LogP contribution in [0.3, 0.4) is 0 Å². The van der Waals surface area contributed by atoms with Gasteiger partial charge in [0.25, 0.3) is 5.56 Å². The van der Waals surface area contributed by atoms with E-state index in [-0.39, 0.29) is 17.5 Å². The Kier molecular flexibility index (Phi) is 6.13. The summed E-state index contributed by atoms with van der Waals surface area (Å²) in [5, 5.41) is 12.5. The largest absolute Gasteiger partial charge is 0.349 e. The lowest BCUT2D eigenvalue weighted by Gasteiger charge is -2.17. The van der Waals surface area contributed by atoms with Crippen LogP contribution in [0.5, 0.6) is 0 Å². The van der Waals surface area contributed by atoms with Crippen LogP contribution in [-0.2, 0) is 4.79 Å². The van der Waals surface area contributed by atoms with Gasteiger partial charge in [0.05, 0.1) is 27.9 Å². The Labute approximate surface area is 206 Å². The molecule has 0 bridgehead atoms. The van der Waals surface area contributed by atoms with Crippen LogP contribution >= 0.6 is 11.8 Å². The molecule has 0 saturated heterocycles. The molecule has 0 aliphatic rings. The van der Waals surface area contributed by atoms with Gasteiger partial charge in [0, 0.05) is 0 Å². The number of thioether (sulfide) groups is 1. The minimum absolute atomic E-state index is 0.0979. The number of aromatic nitrogens is 4. The van der Waals surface area contributed by atoms with Crippen molar-refractivity contribution in [3.05, 3.63) is 100 Å². The molecule has 3 aromatic carbocycles. The van der Waals surface area contributed by atoms with Crippen LogP contribution in [0.1, 0.15) is 31.0 Å². The third kappa shape index (κ3) is 4.33. The molecule has 0 fully saturated rings. The Morgan fingerprint density at radius 1 is 0.914 bits per heavy atom. The zero-order valence-corrected chi connectivity index (χ0v) is 20.5. The lowest BCUT2D eigenvalue weighted by molar-refractivity contribution is -0.120. The first-order valence-corrected chi connectivity index (χ1v) is 12.3. The summed E-state index contributed by atoms with van der Waals surface area (Å²) in [7, 11) is 0. The van der Waals surface area contributed by atoms with Crippen molar-refractivity contribution in [2.75, 3.05) is 0 Å². The molecule has 35 heavy (non-hydrogen) atoms. The van der Waals surface area contributed by atoms with Crippen LogP contribution in [0.25, 0.3) is 22.4 Å². The van der Waals surface area contributed by atoms with Gasteiger partial charge in [-0.25, -0.2) is 4.57 Å². The molecule has 8 heteroatoms. The zero-order chi connectivity index (χ0) is 24.5. The maximum Gasteiger partial charge on any atom is 0.267 e. The maximum atomic E-state index is 13.4. The van der Waals surface area contributed by atoms with E-state index in [0.29, 0.717) is 27.5 Å². The highest BCUT2D eigenvalue weighted by atomic mass is 32.2. The first-order valence-electron chi connectivity index (χ1n) is 11.4. The van der Waals surface area contributed by atoms with Crippen LogP contribution in [-0.4, -0.2) is 30.3 Å². The lowest BCUT2D eigenvalue weighted by atomic mass is 10.1. The molecule has 2 atom stereocenters. The lowest BCUT2D eigenvalue weighted by Crippen LogP contribution is -2.33. The number of hydrogen-bond acceptors (Lipinski definition) is 5. The Balaban J connectivity index is 1.53. The van der Waals surface area contributed by atoms with Crippen molar-refractivity contribution in [3.8, 4) is 5.69 Å². The summed E-state index contributed by atoms with van der Waals surface area (Å²) in [5.74, 6) is 0.310. The summed E-state index contributed by atoms with van der Waals surface area (Å²) in [6.07, 6.45) is 0. The van der Waals surface area contributed by atoms with Gasteiger partial charge in [0.15, 0.2) is 5.16 Å². The van der Waals surface area contributed by atoms with Crippen molar-refractivity contribution in [2.45, 2.75) is 37.2 Å². The fourth-order valence-electron chi connectivity index (χ4n) is 4.05. The molecule has 2 unspecified atom stereocenters. The van der Waals surface area contributed by atoms with E-state index in [2.05, 4.69) is 15.5 Å². The number of para-hydroxylation sites is 1. The van der Waals surface area contributed by atoms with Crippen molar-refractivity contribution in [1.29, 1.82) is 0 Å². The Morgan fingerprint density at radius 2 is 1.60 bits per heavy atom. The second-order valence-corrected chi connectivity index (χ2v) is 9.82. The highest BCUT2D eigenvalue weighted by molar-refractivity contribution is 8.00. The summed E-state index contributed by atoms with van der Waals surface area (Å²) in [4.78, 5) is 26.4. The smallest absolute Gasteiger partial charge is 0.267 e. The number of amides is 1. The average Bonchev–Trinajstić information content (AvgIpc) is 3.29. The minimum atomic E-state index is -0.424. The van der Waals surface area contributed by atoms with Gasteiger partial charge in [0.2, 0.25) is 11.7 Å². The number of carbonyl (C=O) groups excluding carboxylic acids is 1. The van der Waals surface area contributed by atoms with Crippen molar-refractivity contribution < 1.29 is 4.79 Å². The van der Waals surface area contributed by atoms with Crippen molar-refractivity contribution in [2.24, 2.45) is 0 Å². The Morgan fingerprint density at radius 3 is 2.34 bits per heavy atom. The minimum Gasteiger partial charge on any atom is -0.349 e. The molecule has 0 saturated carbocycles. The summed E-state index contributed by atoms with van der Waals surface area (Å²) >= 11 is 1.31. The fraction of sp³-hybridized carbons (Fsp3) is 0.185. The van der Waals surface area contributed by atoms with Crippen LogP contribution in [0, 0.1) is 6.92 Å². The topological polar surface area (TPSA) is 81.3 Å². The summed E-state index contributed by atoms with van der Waals surface area (Å²) in [6.45, 7) is 5.81. The van der Waals surface area contributed by atoms with Gasteiger partial charge in [-0.15, -0.1) is 10.2 Å². The number of fused-ring (bicyclic) bond motifs is 3. The number of rotatable bonds is 6. The second-order valence-electron chi connectivity index (χ2n) is 8.51. The number of carbonyl (C=O) groups is 1. The normalized spacial score (nSPS) is 13.1. The standard InChI is InChI=1S/C27H25N5O2S/c1-17-13-15-21(16-14-17)31-25(34)22-11-7-8-12-23(22)32-26(31)29-30-27(32)35-19(3)24(33)28-18(2)20-9-5-4-6-10-20/h4-16,18-19H,1-3H3,(H,28,33). The van der Waals surface area contributed by atoms with E-state index in [0.717, 1.165) is 11.1 Å². The van der Waals surface area contributed by atoms with Crippen molar-refractivity contribution in [3.63, 3.8) is 0 Å². The fourth-order valence-corrected chi connectivity index (χ4v) is 4.91. The molecular formula is C27H25N5O2S. The molecule has 1 N–H and O–H groups in total. The monoisotopic (exact) mass is 483 g/mol. The number of aryl methyl sites for hydroxylation is 1. The van der Waals surface area contributed by atoms with Gasteiger partial charge < -0.3 is 5.32 Å². The average molecular weight is 484 g/mol. The predicted octanol–water partition coefficient (Wildman–Crippen LogP) is 4.70. The molecule has 2 heterocycles. The quantitative estimate of drug-likeness (QED) is 0.354. The molecule has 0 aliphatic carbocycles. The first kappa shape index (κ1) is 22.9. The summed E-state index contributed by atoms with van der Waals surface area (Å²) in [5.41, 5.74) is 3.39. The highest BCUT2D eigenvalue weighted by Gasteiger charge is 2.23. The maximum absolute atomic E-state index is 13.4. The Bertz CT molecular complexity index is 1580. The third-order valence-corrected chi connectivity index (χ3v) is 7.04. The molecule has 0 aliphatic heterocycles. The summed E-state index contributed by atoms with van der Waals surface area (Å²) in [6, 6.07) is 24.8. The molecule has 0 spiro atoms. The molecule has 0 radical (unpaired) electrons. The second kappa shape index (κ2) is 9.38. The number of hydrogen-bond donors (Lipinski definition) is 1. The zero-order valence-electron chi connectivity index (χ0n) is 19.7. The molecular weight excluding hydrogens is 458 g/mol. The Hall–Kier alpha value is -3.91. The highest BCUT2D eigenvalue weighted by Crippen LogP contribution is 2.27. The van der Waals surface area contributed by atoms with Crippen LogP contribution in [0.15, 0.2) is 88.8 Å². The summed E-state index contributed by atoms with van der Waals surface area (Å²) < 4.78 is 3.42. The van der Waals surface area contributed by atoms with E-state index in [1.165, 1.54) is 11.8 Å². The molecule has 7 nitrogen and oxygen atoms in total. The van der Waals surface area contributed by atoms with Crippen LogP contribution in [0.2, 0.25) is 0 Å². The van der Waals surface area contributed by atoms with Crippen LogP contribution < -0.4 is 10.9 Å². The third-order valence-electron chi connectivity index (χ3n) is 6.00. The van der Waals surface area contributed by atoms with E-state index in [1.807, 2.05) is 98.0 Å². The predicted molar refractivity (Wildman–Crippen MR) is 139 cm³/mol. The van der Waals surface area contributed by atoms with Crippen molar-refractivity contribution >= 4 is 34.3 Å². The molecule has 5 aromatic rings. The van der Waals surface area contributed by atoms with Crippen molar-refractivity contribution in [1.82, 2.24) is 24.5 Å². The van der Waals surface area contributed by atoms with Gasteiger partial charge in [-0.1, -0.05) is 71.9 Å². The van der Waals surface area contributed by atoms with E-state index >= 15 is 0 Å². The van der Waals surface area contributed by atoms with Gasteiger partial charge in [-0.05, 0) is 50.6 Å². The van der Waals surface area contributed by atoms with E-state index < -0.39 is 5.25 Å². The van der Waals surface area contributed by atoms with E-state index in [9.17, 15) is 9.59 Å². The number of nitrogens with one attached hydrogen (secondary N) is 1. The van der Waals surface area contributed by atoms with Gasteiger partial charge in [-0.3, -0.25) is 14.0 Å². The van der Waals surface area contributed by atoms with E-state index in [1.54, 1.807) is 10.6 Å². The van der Waals surface area contributed by atoms with Crippen LogP contribution in [0.4, 0.5) is 0 Å².